The quantitative estimate of drug-likeness (QED) is 0.224. The van der Waals surface area contributed by atoms with Crippen molar-refractivity contribution in [2.24, 2.45) is 17.3 Å². The zero-order valence-corrected chi connectivity index (χ0v) is 23.8. The van der Waals surface area contributed by atoms with Crippen molar-refractivity contribution in [3.63, 3.8) is 0 Å². The summed E-state index contributed by atoms with van der Waals surface area (Å²) in [5.74, 6) is -2.02. The van der Waals surface area contributed by atoms with E-state index in [0.29, 0.717) is 18.8 Å². The molecular weight excluding hydrogens is 490 g/mol. The van der Waals surface area contributed by atoms with Gasteiger partial charge in [-0.3, -0.25) is 9.59 Å². The standard InChI is InChI=1S/C17H29NO4.C12H14O4/c1-6-21-15(19)10-14(16(20)22-7-2)11-17(5,12-18)9-8-13(3)4;1-3-15-11(13)9-7-5-6-8-10(9)12(14)16-4-2/h13-14H,6-11H2,1-5H3;5-8H,3-4H2,1-2H3. The highest BCUT2D eigenvalue weighted by Crippen LogP contribution is 2.34. The molecule has 0 bridgehead atoms. The number of benzene rings is 1. The van der Waals surface area contributed by atoms with Crippen molar-refractivity contribution in [3.05, 3.63) is 35.4 Å². The molecule has 0 saturated carbocycles. The maximum Gasteiger partial charge on any atom is 0.338 e. The third-order valence-electron chi connectivity index (χ3n) is 5.50. The van der Waals surface area contributed by atoms with Crippen LogP contribution in [-0.2, 0) is 28.5 Å². The van der Waals surface area contributed by atoms with Crippen LogP contribution in [0.3, 0.4) is 0 Å². The summed E-state index contributed by atoms with van der Waals surface area (Å²) < 4.78 is 19.7. The van der Waals surface area contributed by atoms with E-state index in [9.17, 15) is 24.4 Å². The number of carbonyl (C=O) groups excluding carboxylic acids is 4. The highest BCUT2D eigenvalue weighted by Gasteiger charge is 2.34. The fourth-order valence-corrected chi connectivity index (χ4v) is 3.53. The minimum absolute atomic E-state index is 0.0361. The monoisotopic (exact) mass is 533 g/mol. The van der Waals surface area contributed by atoms with Crippen LogP contribution in [0.15, 0.2) is 24.3 Å². The molecule has 1 rings (SSSR count). The molecule has 0 spiro atoms. The van der Waals surface area contributed by atoms with E-state index < -0.39 is 35.2 Å². The Morgan fingerprint density at radius 2 is 1.32 bits per heavy atom. The number of hydrogen-bond acceptors (Lipinski definition) is 9. The van der Waals surface area contributed by atoms with E-state index in [4.69, 9.17) is 18.9 Å². The van der Waals surface area contributed by atoms with Crippen LogP contribution in [0.4, 0.5) is 0 Å². The van der Waals surface area contributed by atoms with Gasteiger partial charge in [0.05, 0.1) is 61.4 Å². The molecule has 2 atom stereocenters. The highest BCUT2D eigenvalue weighted by molar-refractivity contribution is 6.03. The molecule has 0 aliphatic carbocycles. The summed E-state index contributed by atoms with van der Waals surface area (Å²) in [5.41, 5.74) is -0.167. The van der Waals surface area contributed by atoms with Crippen molar-refractivity contribution in [2.45, 2.75) is 74.1 Å². The summed E-state index contributed by atoms with van der Waals surface area (Å²) in [6.45, 7) is 14.0. The first kappa shape index (κ1) is 34.6. The third-order valence-corrected chi connectivity index (χ3v) is 5.50. The second kappa shape index (κ2) is 18.8. The number of nitrogens with zero attached hydrogens (tertiary/aromatic N) is 1. The lowest BCUT2D eigenvalue weighted by Gasteiger charge is -2.26. The molecule has 9 heteroatoms. The van der Waals surface area contributed by atoms with Gasteiger partial charge in [0, 0.05) is 0 Å². The first-order chi connectivity index (χ1) is 18.0. The Balaban J connectivity index is 0.000000755. The lowest BCUT2D eigenvalue weighted by Crippen LogP contribution is -2.28. The summed E-state index contributed by atoms with van der Waals surface area (Å²) in [6, 6.07) is 8.75. The zero-order valence-electron chi connectivity index (χ0n) is 23.8. The molecule has 38 heavy (non-hydrogen) atoms. The fraction of sp³-hybridized carbons (Fsp3) is 0.621. The van der Waals surface area contributed by atoms with Gasteiger partial charge in [-0.15, -0.1) is 0 Å². The molecule has 0 heterocycles. The van der Waals surface area contributed by atoms with Crippen molar-refractivity contribution >= 4 is 23.9 Å². The van der Waals surface area contributed by atoms with Gasteiger partial charge in [0.1, 0.15) is 0 Å². The van der Waals surface area contributed by atoms with Gasteiger partial charge in [-0.2, -0.15) is 5.26 Å². The topological polar surface area (TPSA) is 129 Å². The van der Waals surface area contributed by atoms with E-state index in [1.54, 1.807) is 52.0 Å². The first-order valence-electron chi connectivity index (χ1n) is 13.1. The lowest BCUT2D eigenvalue weighted by atomic mass is 9.76. The second-order valence-corrected chi connectivity index (χ2v) is 9.25. The molecule has 0 N–H and O–H groups in total. The summed E-state index contributed by atoms with van der Waals surface area (Å²) in [7, 11) is 0. The SMILES string of the molecule is CCOC(=O)CC(CC(C)(C#N)CCC(C)C)C(=O)OCC.CCOC(=O)c1ccccc1C(=O)OCC. The van der Waals surface area contributed by atoms with Gasteiger partial charge < -0.3 is 18.9 Å². The number of nitriles is 1. The van der Waals surface area contributed by atoms with E-state index >= 15 is 0 Å². The van der Waals surface area contributed by atoms with Crippen molar-refractivity contribution in [3.8, 4) is 6.07 Å². The Morgan fingerprint density at radius 1 is 0.842 bits per heavy atom. The summed E-state index contributed by atoms with van der Waals surface area (Å²) in [6.07, 6.45) is 1.87. The maximum absolute atomic E-state index is 12.1. The number of hydrogen-bond donors (Lipinski definition) is 0. The fourth-order valence-electron chi connectivity index (χ4n) is 3.53. The van der Waals surface area contributed by atoms with E-state index in [-0.39, 0.29) is 44.0 Å². The van der Waals surface area contributed by atoms with Crippen LogP contribution in [0.5, 0.6) is 0 Å². The molecule has 0 aliphatic rings. The molecule has 9 nitrogen and oxygen atoms in total. The van der Waals surface area contributed by atoms with Crippen LogP contribution in [0, 0.1) is 28.6 Å². The normalized spacial score (nSPS) is 12.6. The summed E-state index contributed by atoms with van der Waals surface area (Å²) >= 11 is 0. The zero-order chi connectivity index (χ0) is 29.1. The molecule has 2 unspecified atom stereocenters. The minimum Gasteiger partial charge on any atom is -0.466 e. The Bertz CT molecular complexity index is 900. The number of carbonyl (C=O) groups is 4. The largest absolute Gasteiger partial charge is 0.466 e. The van der Waals surface area contributed by atoms with Crippen molar-refractivity contribution in [1.29, 1.82) is 5.26 Å². The maximum atomic E-state index is 12.1. The first-order valence-corrected chi connectivity index (χ1v) is 13.1. The molecule has 1 aromatic rings. The average Bonchev–Trinajstić information content (AvgIpc) is 2.88. The lowest BCUT2D eigenvalue weighted by molar-refractivity contribution is -0.155. The third kappa shape index (κ3) is 13.2. The minimum atomic E-state index is -0.645. The summed E-state index contributed by atoms with van der Waals surface area (Å²) in [4.78, 5) is 46.9. The van der Waals surface area contributed by atoms with Crippen LogP contribution >= 0.6 is 0 Å². The molecule has 0 aliphatic heterocycles. The average molecular weight is 534 g/mol. The Hall–Kier alpha value is -3.41. The molecule has 1 aromatic carbocycles. The van der Waals surface area contributed by atoms with Crippen molar-refractivity contribution in [2.75, 3.05) is 26.4 Å². The molecule has 0 aromatic heterocycles. The summed E-state index contributed by atoms with van der Waals surface area (Å²) in [5, 5.41) is 9.48. The molecule has 212 valence electrons. The smallest absolute Gasteiger partial charge is 0.338 e. The van der Waals surface area contributed by atoms with E-state index in [2.05, 4.69) is 19.9 Å². The highest BCUT2D eigenvalue weighted by atomic mass is 16.5. The van der Waals surface area contributed by atoms with Crippen LogP contribution < -0.4 is 0 Å². The Labute approximate surface area is 226 Å². The number of ether oxygens (including phenoxy) is 4. The molecule has 0 radical (unpaired) electrons. The van der Waals surface area contributed by atoms with E-state index in [1.807, 2.05) is 6.92 Å². The Morgan fingerprint density at radius 3 is 1.71 bits per heavy atom. The van der Waals surface area contributed by atoms with Crippen LogP contribution in [0.2, 0.25) is 0 Å². The molecule has 0 saturated heterocycles. The molecular formula is C29H43NO8. The van der Waals surface area contributed by atoms with Crippen LogP contribution in [0.25, 0.3) is 0 Å². The molecule has 0 fully saturated rings. The van der Waals surface area contributed by atoms with E-state index in [0.717, 1.165) is 6.42 Å². The second-order valence-electron chi connectivity index (χ2n) is 9.25. The van der Waals surface area contributed by atoms with Gasteiger partial charge in [-0.05, 0) is 71.9 Å². The van der Waals surface area contributed by atoms with Crippen molar-refractivity contribution < 1.29 is 38.1 Å². The number of esters is 4. The predicted molar refractivity (Wildman–Crippen MR) is 142 cm³/mol. The molecule has 0 amide bonds. The van der Waals surface area contributed by atoms with E-state index in [1.165, 1.54) is 0 Å². The van der Waals surface area contributed by atoms with Crippen LogP contribution in [0.1, 0.15) is 94.9 Å². The number of rotatable bonds is 14. The van der Waals surface area contributed by atoms with Gasteiger partial charge in [0.2, 0.25) is 0 Å². The Kier molecular flexibility index (Phi) is 17.1. The van der Waals surface area contributed by atoms with Crippen LogP contribution in [-0.4, -0.2) is 50.3 Å². The predicted octanol–water partition coefficient (Wildman–Crippen LogP) is 5.52. The van der Waals surface area contributed by atoms with Gasteiger partial charge in [0.25, 0.3) is 0 Å². The van der Waals surface area contributed by atoms with Gasteiger partial charge >= 0.3 is 23.9 Å². The van der Waals surface area contributed by atoms with Gasteiger partial charge in [-0.25, -0.2) is 9.59 Å². The van der Waals surface area contributed by atoms with Gasteiger partial charge in [0.15, 0.2) is 0 Å². The van der Waals surface area contributed by atoms with Crippen molar-refractivity contribution in [1.82, 2.24) is 0 Å². The van der Waals surface area contributed by atoms with Gasteiger partial charge in [-0.1, -0.05) is 26.0 Å².